The van der Waals surface area contributed by atoms with Crippen LogP contribution in [-0.4, -0.2) is 52.7 Å². The Labute approximate surface area is 144 Å². The summed E-state index contributed by atoms with van der Waals surface area (Å²) >= 11 is 1.09. The van der Waals surface area contributed by atoms with Crippen LogP contribution < -0.4 is 16.3 Å². The number of urea groups is 1. The Kier molecular flexibility index (Phi) is 9.16. The highest BCUT2D eigenvalue weighted by atomic mass is 32.2. The first-order chi connectivity index (χ1) is 11.4. The third-order valence-corrected chi connectivity index (χ3v) is 4.02. The average molecular weight is 359 g/mol. The molecular formula is C14H25N5O4S. The molecule has 1 aromatic rings. The molecular weight excluding hydrogens is 334 g/mol. The van der Waals surface area contributed by atoms with E-state index in [2.05, 4.69) is 34.7 Å². The third-order valence-electron chi connectivity index (χ3n) is 3.05. The summed E-state index contributed by atoms with van der Waals surface area (Å²) in [5.41, 5.74) is -0.333. The van der Waals surface area contributed by atoms with E-state index >= 15 is 0 Å². The minimum Gasteiger partial charge on any atom is -0.385 e. The minimum absolute atomic E-state index is 0.00777. The number of carbonyl (C=O) groups excluding carboxylic acids is 2. The van der Waals surface area contributed by atoms with Crippen molar-refractivity contribution in [3.8, 4) is 0 Å². The molecule has 1 rings (SSSR count). The van der Waals surface area contributed by atoms with Gasteiger partial charge in [-0.05, 0) is 18.8 Å². The average Bonchev–Trinajstić information content (AvgIpc) is 2.86. The van der Waals surface area contributed by atoms with Crippen LogP contribution in [0.5, 0.6) is 0 Å². The van der Waals surface area contributed by atoms with Crippen LogP contribution in [0.25, 0.3) is 0 Å². The predicted molar refractivity (Wildman–Crippen MR) is 91.1 cm³/mol. The SMILES string of the molecule is COCCCn1c(SCC(=O)NC(=O)NCCC(C)C)n[nH]c1=O. The number of imide groups is 1. The van der Waals surface area contributed by atoms with E-state index in [4.69, 9.17) is 4.74 Å². The lowest BCUT2D eigenvalue weighted by molar-refractivity contribution is -0.117. The first-order valence-electron chi connectivity index (χ1n) is 7.78. The number of H-pyrrole nitrogens is 1. The van der Waals surface area contributed by atoms with Gasteiger partial charge in [0, 0.05) is 26.8 Å². The molecule has 3 N–H and O–H groups in total. The van der Waals surface area contributed by atoms with Crippen molar-refractivity contribution in [2.24, 2.45) is 5.92 Å². The fourth-order valence-electron chi connectivity index (χ4n) is 1.79. The van der Waals surface area contributed by atoms with Crippen LogP contribution in [0, 0.1) is 5.92 Å². The summed E-state index contributed by atoms with van der Waals surface area (Å²) in [6.07, 6.45) is 1.51. The predicted octanol–water partition coefficient (Wildman–Crippen LogP) is 0.572. The Hall–Kier alpha value is -1.81. The number of aromatic nitrogens is 3. The second-order valence-electron chi connectivity index (χ2n) is 5.58. The zero-order valence-corrected chi connectivity index (χ0v) is 15.1. The Balaban J connectivity index is 2.39. The van der Waals surface area contributed by atoms with Crippen molar-refractivity contribution in [3.63, 3.8) is 0 Å². The number of nitrogens with one attached hydrogen (secondary N) is 3. The van der Waals surface area contributed by atoms with Crippen molar-refractivity contribution in [1.82, 2.24) is 25.4 Å². The van der Waals surface area contributed by atoms with Gasteiger partial charge in [0.15, 0.2) is 5.16 Å². The van der Waals surface area contributed by atoms with Gasteiger partial charge in [-0.15, -0.1) is 5.10 Å². The van der Waals surface area contributed by atoms with Crippen LogP contribution >= 0.6 is 11.8 Å². The van der Waals surface area contributed by atoms with Gasteiger partial charge in [0.2, 0.25) is 5.91 Å². The highest BCUT2D eigenvalue weighted by Crippen LogP contribution is 2.12. The Morgan fingerprint density at radius 2 is 2.17 bits per heavy atom. The molecule has 0 aliphatic carbocycles. The van der Waals surface area contributed by atoms with Crippen molar-refractivity contribution in [1.29, 1.82) is 0 Å². The van der Waals surface area contributed by atoms with Crippen molar-refractivity contribution < 1.29 is 14.3 Å². The van der Waals surface area contributed by atoms with Gasteiger partial charge in [-0.1, -0.05) is 25.6 Å². The maximum atomic E-state index is 11.8. The summed E-state index contributed by atoms with van der Waals surface area (Å²) in [4.78, 5) is 35.0. The summed E-state index contributed by atoms with van der Waals surface area (Å²) in [5.74, 6) is 0.0265. The number of rotatable bonds is 10. The highest BCUT2D eigenvalue weighted by molar-refractivity contribution is 7.99. The molecule has 24 heavy (non-hydrogen) atoms. The summed E-state index contributed by atoms with van der Waals surface area (Å²) in [5, 5.41) is 11.5. The molecule has 0 spiro atoms. The number of thioether (sulfide) groups is 1. The smallest absolute Gasteiger partial charge is 0.343 e. The fraction of sp³-hybridized carbons (Fsp3) is 0.714. The Bertz CT molecular complexity index is 584. The monoisotopic (exact) mass is 359 g/mol. The second-order valence-corrected chi connectivity index (χ2v) is 6.53. The summed E-state index contributed by atoms with van der Waals surface area (Å²) in [7, 11) is 1.59. The molecule has 9 nitrogen and oxygen atoms in total. The van der Waals surface area contributed by atoms with Gasteiger partial charge in [0.1, 0.15) is 0 Å². The van der Waals surface area contributed by atoms with E-state index in [9.17, 15) is 14.4 Å². The Morgan fingerprint density at radius 3 is 2.83 bits per heavy atom. The molecule has 0 radical (unpaired) electrons. The minimum atomic E-state index is -0.513. The van der Waals surface area contributed by atoms with Gasteiger partial charge >= 0.3 is 11.7 Å². The zero-order valence-electron chi connectivity index (χ0n) is 14.3. The molecule has 10 heteroatoms. The summed E-state index contributed by atoms with van der Waals surface area (Å²) < 4.78 is 6.39. The topological polar surface area (TPSA) is 118 Å². The van der Waals surface area contributed by atoms with E-state index in [-0.39, 0.29) is 11.4 Å². The molecule has 0 aromatic carbocycles. The lowest BCUT2D eigenvalue weighted by atomic mass is 10.1. The molecule has 1 aromatic heterocycles. The Morgan fingerprint density at radius 1 is 1.42 bits per heavy atom. The molecule has 0 unspecified atom stereocenters. The molecule has 136 valence electrons. The second kappa shape index (κ2) is 10.9. The van der Waals surface area contributed by atoms with Crippen LogP contribution in [0.2, 0.25) is 0 Å². The van der Waals surface area contributed by atoms with E-state index in [0.29, 0.717) is 37.2 Å². The van der Waals surface area contributed by atoms with Gasteiger partial charge < -0.3 is 10.1 Å². The van der Waals surface area contributed by atoms with Crippen molar-refractivity contribution in [3.05, 3.63) is 10.5 Å². The largest absolute Gasteiger partial charge is 0.385 e. The number of amides is 3. The molecule has 0 bridgehead atoms. The van der Waals surface area contributed by atoms with Crippen LogP contribution in [0.3, 0.4) is 0 Å². The van der Waals surface area contributed by atoms with E-state index in [1.807, 2.05) is 0 Å². The van der Waals surface area contributed by atoms with E-state index in [0.717, 1.165) is 18.2 Å². The third kappa shape index (κ3) is 7.64. The summed E-state index contributed by atoms with van der Waals surface area (Å²) in [6, 6.07) is -0.513. The maximum Gasteiger partial charge on any atom is 0.343 e. The van der Waals surface area contributed by atoms with E-state index < -0.39 is 11.9 Å². The lowest BCUT2D eigenvalue weighted by Crippen LogP contribution is -2.40. The van der Waals surface area contributed by atoms with Gasteiger partial charge in [-0.25, -0.2) is 14.7 Å². The molecule has 0 aliphatic heterocycles. The normalized spacial score (nSPS) is 10.8. The number of ether oxygens (including phenoxy) is 1. The molecule has 0 saturated carbocycles. The maximum absolute atomic E-state index is 11.8. The van der Waals surface area contributed by atoms with Crippen LogP contribution in [0.15, 0.2) is 9.95 Å². The van der Waals surface area contributed by atoms with Gasteiger partial charge in [-0.2, -0.15) is 0 Å². The van der Waals surface area contributed by atoms with E-state index in [1.54, 1.807) is 7.11 Å². The zero-order chi connectivity index (χ0) is 17.9. The standard InChI is InChI=1S/C14H25N5O4S/c1-10(2)5-6-15-12(21)16-11(20)9-24-14-18-17-13(22)19(14)7-4-8-23-3/h10H,4-9H2,1-3H3,(H,17,22)(H2,15,16,20,21). The molecule has 0 atom stereocenters. The number of hydrogen-bond acceptors (Lipinski definition) is 6. The number of carbonyl (C=O) groups is 2. The quantitative estimate of drug-likeness (QED) is 0.415. The van der Waals surface area contributed by atoms with Gasteiger partial charge in [0.05, 0.1) is 5.75 Å². The first-order valence-corrected chi connectivity index (χ1v) is 8.77. The van der Waals surface area contributed by atoms with Gasteiger partial charge in [-0.3, -0.25) is 14.7 Å². The van der Waals surface area contributed by atoms with Crippen LogP contribution in [0.4, 0.5) is 4.79 Å². The van der Waals surface area contributed by atoms with Crippen molar-refractivity contribution in [2.75, 3.05) is 26.0 Å². The van der Waals surface area contributed by atoms with Crippen molar-refractivity contribution in [2.45, 2.75) is 38.4 Å². The highest BCUT2D eigenvalue weighted by Gasteiger charge is 2.13. The molecule has 1 heterocycles. The molecule has 0 aliphatic rings. The van der Waals surface area contributed by atoms with Gasteiger partial charge in [0.25, 0.3) is 0 Å². The van der Waals surface area contributed by atoms with Crippen LogP contribution in [-0.2, 0) is 16.1 Å². The van der Waals surface area contributed by atoms with E-state index in [1.165, 1.54) is 4.57 Å². The molecule has 0 saturated heterocycles. The lowest BCUT2D eigenvalue weighted by Gasteiger charge is -2.08. The number of methoxy groups -OCH3 is 1. The number of aromatic amines is 1. The molecule has 3 amide bonds. The fourth-order valence-corrected chi connectivity index (χ4v) is 2.56. The summed E-state index contributed by atoms with van der Waals surface area (Å²) in [6.45, 7) is 5.60. The van der Waals surface area contributed by atoms with Crippen LogP contribution in [0.1, 0.15) is 26.7 Å². The van der Waals surface area contributed by atoms with Crippen molar-refractivity contribution >= 4 is 23.7 Å². The number of nitrogens with zero attached hydrogens (tertiary/aromatic N) is 2. The first kappa shape index (κ1) is 20.2. The molecule has 0 fully saturated rings. The number of hydrogen-bond donors (Lipinski definition) is 3.